The van der Waals surface area contributed by atoms with Crippen LogP contribution in [-0.4, -0.2) is 18.5 Å². The summed E-state index contributed by atoms with van der Waals surface area (Å²) in [5.74, 6) is 0.293. The molecular formula is C12H14N2. The lowest BCUT2D eigenvalue weighted by Crippen LogP contribution is -2.20. The van der Waals surface area contributed by atoms with Gasteiger partial charge in [-0.15, -0.1) is 6.58 Å². The van der Waals surface area contributed by atoms with E-state index in [1.165, 1.54) is 0 Å². The summed E-state index contributed by atoms with van der Waals surface area (Å²) in [6, 6.07) is 0.147. The second-order valence-corrected chi connectivity index (χ2v) is 3.46. The minimum atomic E-state index is 0.147. The summed E-state index contributed by atoms with van der Waals surface area (Å²) in [6.07, 6.45) is 14.2. The maximum Gasteiger partial charge on any atom is 0.101 e. The molecule has 2 unspecified atom stereocenters. The maximum atomic E-state index is 4.44. The number of rotatable bonds is 2. The third kappa shape index (κ3) is 1.74. The van der Waals surface area contributed by atoms with E-state index in [0.29, 0.717) is 5.92 Å². The van der Waals surface area contributed by atoms with Crippen LogP contribution in [0.25, 0.3) is 0 Å². The van der Waals surface area contributed by atoms with E-state index in [-0.39, 0.29) is 6.04 Å². The Kier molecular flexibility index (Phi) is 2.73. The molecule has 2 rings (SSSR count). The van der Waals surface area contributed by atoms with Gasteiger partial charge in [0.05, 0.1) is 5.70 Å². The highest BCUT2D eigenvalue weighted by molar-refractivity contribution is 5.73. The van der Waals surface area contributed by atoms with Crippen molar-refractivity contribution in [1.82, 2.24) is 0 Å². The third-order valence-corrected chi connectivity index (χ3v) is 2.50. The van der Waals surface area contributed by atoms with E-state index >= 15 is 0 Å². The molecule has 0 saturated heterocycles. The molecule has 14 heavy (non-hydrogen) atoms. The average molecular weight is 186 g/mol. The topological polar surface area (TPSA) is 24.7 Å². The summed E-state index contributed by atoms with van der Waals surface area (Å²) in [4.78, 5) is 8.83. The van der Waals surface area contributed by atoms with Crippen LogP contribution >= 0.6 is 0 Å². The molecule has 2 heterocycles. The predicted octanol–water partition coefficient (Wildman–Crippen LogP) is 2.55. The van der Waals surface area contributed by atoms with Crippen LogP contribution in [0, 0.1) is 5.92 Å². The molecule has 0 aromatic carbocycles. The van der Waals surface area contributed by atoms with Crippen LogP contribution in [0.4, 0.5) is 0 Å². The lowest BCUT2D eigenvalue weighted by molar-refractivity contribution is 0.646. The standard InChI is InChI=1S/C12H14N2/c1-2-10-6-5-9-14-12(10)11-7-3-4-8-13-11/h2,5-10,12H,1,3-4H2. The van der Waals surface area contributed by atoms with Gasteiger partial charge >= 0.3 is 0 Å². The first-order chi connectivity index (χ1) is 6.92. The van der Waals surface area contributed by atoms with Gasteiger partial charge in [0.2, 0.25) is 0 Å². The number of allylic oxidation sites excluding steroid dienone is 2. The first kappa shape index (κ1) is 9.13. The fourth-order valence-electron chi connectivity index (χ4n) is 1.73. The van der Waals surface area contributed by atoms with E-state index in [4.69, 9.17) is 0 Å². The molecule has 0 saturated carbocycles. The van der Waals surface area contributed by atoms with Crippen molar-refractivity contribution in [3.63, 3.8) is 0 Å². The van der Waals surface area contributed by atoms with Gasteiger partial charge in [-0.2, -0.15) is 0 Å². The number of dihydropyridines is 1. The largest absolute Gasteiger partial charge is 0.283 e. The Hall–Kier alpha value is -1.44. The Labute approximate surface area is 84.5 Å². The first-order valence-electron chi connectivity index (χ1n) is 4.97. The zero-order valence-corrected chi connectivity index (χ0v) is 8.13. The molecule has 0 N–H and O–H groups in total. The molecule has 0 amide bonds. The Morgan fingerprint density at radius 2 is 2.36 bits per heavy atom. The van der Waals surface area contributed by atoms with Crippen LogP contribution in [-0.2, 0) is 0 Å². The molecule has 72 valence electrons. The van der Waals surface area contributed by atoms with Gasteiger partial charge in [-0.1, -0.05) is 18.2 Å². The van der Waals surface area contributed by atoms with Crippen LogP contribution in [0.5, 0.6) is 0 Å². The second-order valence-electron chi connectivity index (χ2n) is 3.46. The van der Waals surface area contributed by atoms with Crippen molar-refractivity contribution in [2.75, 3.05) is 0 Å². The highest BCUT2D eigenvalue weighted by Gasteiger charge is 2.21. The fourth-order valence-corrected chi connectivity index (χ4v) is 1.73. The van der Waals surface area contributed by atoms with Gasteiger partial charge in [0.1, 0.15) is 6.04 Å². The van der Waals surface area contributed by atoms with Gasteiger partial charge in [-0.3, -0.25) is 9.98 Å². The predicted molar refractivity (Wildman–Crippen MR) is 60.9 cm³/mol. The van der Waals surface area contributed by atoms with Crippen molar-refractivity contribution in [3.8, 4) is 0 Å². The van der Waals surface area contributed by atoms with Crippen LogP contribution < -0.4 is 0 Å². The maximum absolute atomic E-state index is 4.44. The highest BCUT2D eigenvalue weighted by atomic mass is 14.9. The summed E-state index contributed by atoms with van der Waals surface area (Å²) in [6.45, 7) is 3.83. The lowest BCUT2D eigenvalue weighted by Gasteiger charge is -2.22. The van der Waals surface area contributed by atoms with Crippen LogP contribution in [0.1, 0.15) is 12.8 Å². The Morgan fingerprint density at radius 3 is 3.07 bits per heavy atom. The number of nitrogens with zero attached hydrogens (tertiary/aromatic N) is 2. The lowest BCUT2D eigenvalue weighted by atomic mass is 9.94. The average Bonchev–Trinajstić information content (AvgIpc) is 2.30. The SMILES string of the molecule is C=CC1C=CC=NC1C1=CCCC=N1. The number of hydrogen-bond donors (Lipinski definition) is 0. The van der Waals surface area contributed by atoms with Crippen LogP contribution in [0.2, 0.25) is 0 Å². The van der Waals surface area contributed by atoms with Crippen molar-refractivity contribution in [1.29, 1.82) is 0 Å². The van der Waals surface area contributed by atoms with Crippen LogP contribution in [0.15, 0.2) is 46.6 Å². The molecule has 0 aromatic rings. The van der Waals surface area contributed by atoms with Crippen molar-refractivity contribution < 1.29 is 0 Å². The Balaban J connectivity index is 2.20. The van der Waals surface area contributed by atoms with Crippen molar-refractivity contribution >= 4 is 12.4 Å². The van der Waals surface area contributed by atoms with Gasteiger partial charge in [0, 0.05) is 18.3 Å². The van der Waals surface area contributed by atoms with E-state index in [9.17, 15) is 0 Å². The molecule has 2 aliphatic heterocycles. The molecule has 0 spiro atoms. The quantitative estimate of drug-likeness (QED) is 0.592. The minimum absolute atomic E-state index is 0.147. The zero-order valence-electron chi connectivity index (χ0n) is 8.13. The molecule has 0 aliphatic carbocycles. The molecular weight excluding hydrogens is 172 g/mol. The van der Waals surface area contributed by atoms with E-state index in [0.717, 1.165) is 18.5 Å². The van der Waals surface area contributed by atoms with E-state index < -0.39 is 0 Å². The van der Waals surface area contributed by atoms with E-state index in [1.807, 2.05) is 24.6 Å². The molecule has 2 heteroatoms. The van der Waals surface area contributed by atoms with Crippen LogP contribution in [0.3, 0.4) is 0 Å². The number of hydrogen-bond acceptors (Lipinski definition) is 2. The van der Waals surface area contributed by atoms with Gasteiger partial charge in [0.15, 0.2) is 0 Å². The Morgan fingerprint density at radius 1 is 1.43 bits per heavy atom. The first-order valence-corrected chi connectivity index (χ1v) is 4.97. The Bertz CT molecular complexity index is 334. The third-order valence-electron chi connectivity index (χ3n) is 2.50. The monoisotopic (exact) mass is 186 g/mol. The second kappa shape index (κ2) is 4.18. The summed E-state index contributed by atoms with van der Waals surface area (Å²) >= 11 is 0. The van der Waals surface area contributed by atoms with Crippen molar-refractivity contribution in [2.45, 2.75) is 18.9 Å². The summed E-state index contributed by atoms with van der Waals surface area (Å²) in [7, 11) is 0. The van der Waals surface area contributed by atoms with Gasteiger partial charge in [-0.05, 0) is 18.9 Å². The molecule has 0 bridgehead atoms. The normalized spacial score (nSPS) is 30.1. The van der Waals surface area contributed by atoms with E-state index in [2.05, 4.69) is 28.7 Å². The van der Waals surface area contributed by atoms with Crippen molar-refractivity contribution in [2.24, 2.45) is 15.9 Å². The summed E-state index contributed by atoms with van der Waals surface area (Å²) < 4.78 is 0. The zero-order chi connectivity index (χ0) is 9.80. The molecule has 0 fully saturated rings. The minimum Gasteiger partial charge on any atom is -0.283 e. The molecule has 0 aromatic heterocycles. The summed E-state index contributed by atoms with van der Waals surface area (Å²) in [5.41, 5.74) is 1.08. The van der Waals surface area contributed by atoms with Gasteiger partial charge in [-0.25, -0.2) is 0 Å². The van der Waals surface area contributed by atoms with Gasteiger partial charge in [0.25, 0.3) is 0 Å². The molecule has 2 atom stereocenters. The summed E-state index contributed by atoms with van der Waals surface area (Å²) in [5, 5.41) is 0. The van der Waals surface area contributed by atoms with Crippen molar-refractivity contribution in [3.05, 3.63) is 36.6 Å². The smallest absolute Gasteiger partial charge is 0.101 e. The van der Waals surface area contributed by atoms with E-state index in [1.54, 1.807) is 0 Å². The molecule has 0 radical (unpaired) electrons. The number of aliphatic imine (C=N–C) groups is 2. The van der Waals surface area contributed by atoms with Gasteiger partial charge < -0.3 is 0 Å². The highest BCUT2D eigenvalue weighted by Crippen LogP contribution is 2.24. The molecule has 2 aliphatic rings. The molecule has 2 nitrogen and oxygen atoms in total. The fraction of sp³-hybridized carbons (Fsp3) is 0.333.